The summed E-state index contributed by atoms with van der Waals surface area (Å²) in [5, 5.41) is 0. The van der Waals surface area contributed by atoms with Gasteiger partial charge < -0.3 is 5.53 Å². The second-order valence-corrected chi connectivity index (χ2v) is 3.73. The van der Waals surface area contributed by atoms with Crippen molar-refractivity contribution in [3.63, 3.8) is 0 Å². The maximum atomic E-state index is 7.83. The fraction of sp³-hybridized carbons (Fsp3) is 0.667. The minimum absolute atomic E-state index is 0.427. The highest BCUT2D eigenvalue weighted by Crippen LogP contribution is 1.64. The Morgan fingerprint density at radius 1 is 1.67 bits per heavy atom. The van der Waals surface area contributed by atoms with Crippen molar-refractivity contribution < 1.29 is 4.79 Å². The van der Waals surface area contributed by atoms with E-state index in [2.05, 4.69) is 4.79 Å². The van der Waals surface area contributed by atoms with E-state index in [0.29, 0.717) is 0 Å². The molecule has 0 aliphatic carbocycles. The van der Waals surface area contributed by atoms with Crippen LogP contribution in [0, 0.1) is 0 Å². The molecule has 2 nitrogen and oxygen atoms in total. The van der Waals surface area contributed by atoms with Gasteiger partial charge in [0.1, 0.15) is 0 Å². The van der Waals surface area contributed by atoms with E-state index >= 15 is 0 Å². The third kappa shape index (κ3) is 3.60. The molecule has 0 aromatic rings. The van der Waals surface area contributed by atoms with Crippen molar-refractivity contribution in [3.05, 3.63) is 5.53 Å². The minimum atomic E-state index is -0.427. The molecule has 0 fully saturated rings. The van der Waals surface area contributed by atoms with Crippen molar-refractivity contribution in [2.24, 2.45) is 0 Å². The Morgan fingerprint density at radius 2 is 2.17 bits per heavy atom. The molecule has 33 valence electrons. The third-order valence-electron chi connectivity index (χ3n) is 0.316. The van der Waals surface area contributed by atoms with Crippen LogP contribution in [0.2, 0.25) is 13.1 Å². The molecule has 0 unspecified atom stereocenters. The second-order valence-electron chi connectivity index (χ2n) is 1.32. The fourth-order valence-electron chi connectivity index (χ4n) is 0.115. The van der Waals surface area contributed by atoms with Crippen molar-refractivity contribution >= 4 is 14.6 Å². The van der Waals surface area contributed by atoms with Crippen molar-refractivity contribution in [1.29, 1.82) is 0 Å². The molecular formula is C3H7N2Si. The Morgan fingerprint density at radius 3 is 2.17 bits per heavy atom. The first kappa shape index (κ1) is 5.60. The molecule has 0 N–H and O–H groups in total. The summed E-state index contributed by atoms with van der Waals surface area (Å²) in [5.74, 6) is 1.57. The van der Waals surface area contributed by atoms with Gasteiger partial charge in [-0.15, -0.1) is 0 Å². The maximum Gasteiger partial charge on any atom is 0.224 e. The van der Waals surface area contributed by atoms with Crippen LogP contribution in [0.3, 0.4) is 0 Å². The summed E-state index contributed by atoms with van der Waals surface area (Å²) in [5.41, 5.74) is 7.83. The fourth-order valence-corrected chi connectivity index (χ4v) is 0.346. The zero-order valence-corrected chi connectivity index (χ0v) is 4.97. The lowest BCUT2D eigenvalue weighted by Crippen LogP contribution is -2.00. The largest absolute Gasteiger partial charge is 0.363 e. The van der Waals surface area contributed by atoms with Crippen molar-refractivity contribution in [1.82, 2.24) is 0 Å². The van der Waals surface area contributed by atoms with Crippen molar-refractivity contribution in [2.45, 2.75) is 13.1 Å². The molecule has 0 aliphatic rings. The first-order valence-corrected chi connectivity index (χ1v) is 4.32. The van der Waals surface area contributed by atoms with Crippen LogP contribution in [0.25, 0.3) is 5.53 Å². The van der Waals surface area contributed by atoms with Gasteiger partial charge in [0.05, 0.1) is 0 Å². The quantitative estimate of drug-likeness (QED) is 0.199. The van der Waals surface area contributed by atoms with E-state index in [4.69, 9.17) is 5.53 Å². The first-order valence-electron chi connectivity index (χ1n) is 1.75. The van der Waals surface area contributed by atoms with Crippen molar-refractivity contribution in [3.8, 4) is 0 Å². The van der Waals surface area contributed by atoms with E-state index < -0.39 is 8.80 Å². The van der Waals surface area contributed by atoms with Crippen LogP contribution in [0.1, 0.15) is 0 Å². The Bertz CT molecular complexity index is 72.9. The van der Waals surface area contributed by atoms with Gasteiger partial charge in [-0.3, -0.25) is 0 Å². The highest BCUT2D eigenvalue weighted by Gasteiger charge is 1.91. The summed E-state index contributed by atoms with van der Waals surface area (Å²) in [4.78, 5) is 2.86. The zero-order valence-electron chi connectivity index (χ0n) is 3.97. The summed E-state index contributed by atoms with van der Waals surface area (Å²) in [6.45, 7) is 4.09. The third-order valence-corrected chi connectivity index (χ3v) is 0.948. The van der Waals surface area contributed by atoms with Crippen LogP contribution in [-0.2, 0) is 0 Å². The zero-order chi connectivity index (χ0) is 4.99. The van der Waals surface area contributed by atoms with Crippen molar-refractivity contribution in [2.75, 3.05) is 0 Å². The second kappa shape index (κ2) is 2.81. The molecule has 0 rings (SSSR count). The molecule has 0 saturated heterocycles. The molecule has 6 heavy (non-hydrogen) atoms. The van der Waals surface area contributed by atoms with Gasteiger partial charge in [0, 0.05) is 0 Å². The highest BCUT2D eigenvalue weighted by atomic mass is 28.3. The molecule has 0 atom stereocenters. The lowest BCUT2D eigenvalue weighted by molar-refractivity contribution is 0.00714. The summed E-state index contributed by atoms with van der Waals surface area (Å²) >= 11 is 0. The number of hydrogen-bond acceptors (Lipinski definition) is 0. The first-order chi connectivity index (χ1) is 2.77. The Kier molecular flexibility index (Phi) is 2.63. The molecule has 0 spiro atoms. The van der Waals surface area contributed by atoms with E-state index in [-0.39, 0.29) is 0 Å². The number of nitrogens with zero attached hydrogens (tertiary/aromatic N) is 2. The van der Waals surface area contributed by atoms with E-state index in [1.807, 2.05) is 13.1 Å². The van der Waals surface area contributed by atoms with Gasteiger partial charge in [-0.2, -0.15) is 4.79 Å². The van der Waals surface area contributed by atoms with E-state index in [1.54, 1.807) is 5.84 Å². The van der Waals surface area contributed by atoms with Gasteiger partial charge in [-0.05, 0) is 0 Å². The van der Waals surface area contributed by atoms with Gasteiger partial charge in [0.25, 0.3) is 0 Å². The lowest BCUT2D eigenvalue weighted by Gasteiger charge is -1.70. The smallest absolute Gasteiger partial charge is 0.224 e. The van der Waals surface area contributed by atoms with Crippen LogP contribution in [-0.4, -0.2) is 19.4 Å². The molecule has 0 aliphatic heterocycles. The molecule has 0 amide bonds. The van der Waals surface area contributed by atoms with Crippen LogP contribution in [0.4, 0.5) is 0 Å². The van der Waals surface area contributed by atoms with Crippen LogP contribution < -0.4 is 0 Å². The monoisotopic (exact) mass is 99.0 g/mol. The Hall–Kier alpha value is -0.403. The summed E-state index contributed by atoms with van der Waals surface area (Å²) < 4.78 is 0. The van der Waals surface area contributed by atoms with E-state index in [1.165, 1.54) is 0 Å². The predicted octanol–water partition coefficient (Wildman–Crippen LogP) is 0.581. The van der Waals surface area contributed by atoms with Gasteiger partial charge in [-0.1, -0.05) is 13.1 Å². The topological polar surface area (TPSA) is 36.4 Å². The number of hydrogen-bond donors (Lipinski definition) is 0. The van der Waals surface area contributed by atoms with Gasteiger partial charge in [0.15, 0.2) is 8.80 Å². The lowest BCUT2D eigenvalue weighted by atomic mass is 11.7. The average molecular weight is 99.2 g/mol. The molecule has 0 heterocycles. The highest BCUT2D eigenvalue weighted by molar-refractivity contribution is 6.82. The van der Waals surface area contributed by atoms with E-state index in [9.17, 15) is 0 Å². The molecule has 0 aromatic carbocycles. The van der Waals surface area contributed by atoms with Crippen LogP contribution in [0.5, 0.6) is 0 Å². The summed E-state index contributed by atoms with van der Waals surface area (Å²) in [7, 11) is -0.427. The van der Waals surface area contributed by atoms with Gasteiger partial charge in [-0.25, -0.2) is 0 Å². The Balaban J connectivity index is 3.29. The summed E-state index contributed by atoms with van der Waals surface area (Å²) in [6.07, 6.45) is 0. The molecule has 0 saturated carbocycles. The normalized spacial score (nSPS) is 7.83. The van der Waals surface area contributed by atoms with E-state index in [0.717, 1.165) is 0 Å². The van der Waals surface area contributed by atoms with Gasteiger partial charge >= 0.3 is 0 Å². The van der Waals surface area contributed by atoms with Crippen LogP contribution >= 0.6 is 0 Å². The standard InChI is InChI=1S/C3H7N2Si/c1-6(2)3-5-4/h3H,1-2H3. The predicted molar refractivity (Wildman–Crippen MR) is 27.2 cm³/mol. The molecule has 0 bridgehead atoms. The Labute approximate surface area is 39.0 Å². The molecule has 1 radical (unpaired) electrons. The van der Waals surface area contributed by atoms with Crippen LogP contribution in [0.15, 0.2) is 0 Å². The van der Waals surface area contributed by atoms with Gasteiger partial charge in [0.2, 0.25) is 5.84 Å². The molecule has 3 heteroatoms. The average Bonchev–Trinajstić information content (AvgIpc) is 1.35. The minimum Gasteiger partial charge on any atom is -0.363 e. The molecule has 0 aromatic heterocycles. The SMILES string of the molecule is C[Si](C)C=[N+]=[N-]. The molecular weight excluding hydrogens is 92.1 g/mol. The number of rotatable bonds is 1. The maximum absolute atomic E-state index is 7.83. The summed E-state index contributed by atoms with van der Waals surface area (Å²) in [6, 6.07) is 0.